The van der Waals surface area contributed by atoms with Crippen LogP contribution in [0.5, 0.6) is 0 Å². The van der Waals surface area contributed by atoms with E-state index in [1.807, 2.05) is 0 Å². The third-order valence-electron chi connectivity index (χ3n) is 4.04. The number of benzene rings is 1. The highest BCUT2D eigenvalue weighted by Gasteiger charge is 2.15. The molecular weight excluding hydrogens is 234 g/mol. The van der Waals surface area contributed by atoms with Crippen LogP contribution < -0.4 is 5.73 Å². The summed E-state index contributed by atoms with van der Waals surface area (Å²) in [6.45, 7) is 10.2. The molecule has 0 amide bonds. The first-order chi connectivity index (χ1) is 9.33. The van der Waals surface area contributed by atoms with E-state index >= 15 is 0 Å². The van der Waals surface area contributed by atoms with E-state index in [1.165, 1.54) is 50.3 Å². The summed E-state index contributed by atoms with van der Waals surface area (Å²) in [5.41, 5.74) is 8.51. The number of hydrogen-bond donors (Lipinski definition) is 1. The molecule has 2 N–H and O–H groups in total. The molecule has 0 bridgehead atoms. The lowest BCUT2D eigenvalue weighted by Crippen LogP contribution is -2.47. The van der Waals surface area contributed by atoms with Crippen molar-refractivity contribution in [3.63, 3.8) is 0 Å². The minimum atomic E-state index is 0.653. The zero-order valence-electron chi connectivity index (χ0n) is 12.1. The quantitative estimate of drug-likeness (QED) is 0.846. The Labute approximate surface area is 117 Å². The summed E-state index contributed by atoms with van der Waals surface area (Å²) in [5.74, 6) is 0. The van der Waals surface area contributed by atoms with E-state index in [4.69, 9.17) is 5.73 Å². The van der Waals surface area contributed by atoms with E-state index in [0.29, 0.717) is 6.54 Å². The van der Waals surface area contributed by atoms with Crippen molar-refractivity contribution in [3.8, 4) is 0 Å². The van der Waals surface area contributed by atoms with Crippen LogP contribution in [0.3, 0.4) is 0 Å². The van der Waals surface area contributed by atoms with Crippen LogP contribution in [0.15, 0.2) is 24.3 Å². The average Bonchev–Trinajstić information content (AvgIpc) is 2.47. The first-order valence-corrected chi connectivity index (χ1v) is 7.55. The van der Waals surface area contributed by atoms with Crippen molar-refractivity contribution in [3.05, 3.63) is 35.4 Å². The molecule has 0 saturated carbocycles. The molecule has 0 aromatic heterocycles. The van der Waals surface area contributed by atoms with Gasteiger partial charge < -0.3 is 15.5 Å². The molecule has 3 heteroatoms. The Morgan fingerprint density at radius 3 is 2.11 bits per heavy atom. The lowest BCUT2D eigenvalue weighted by atomic mass is 10.0. The van der Waals surface area contributed by atoms with E-state index in [0.717, 1.165) is 13.0 Å². The van der Waals surface area contributed by atoms with Crippen LogP contribution in [0.2, 0.25) is 0 Å². The first-order valence-electron chi connectivity index (χ1n) is 7.55. The van der Waals surface area contributed by atoms with Gasteiger partial charge in [-0.25, -0.2) is 0 Å². The molecule has 1 aliphatic rings. The maximum Gasteiger partial charge on any atom is 0.0180 e. The highest BCUT2D eigenvalue weighted by Crippen LogP contribution is 2.10. The first kappa shape index (κ1) is 14.5. The minimum Gasteiger partial charge on any atom is -0.326 e. The third kappa shape index (κ3) is 4.30. The number of nitrogens with two attached hydrogens (primary N) is 1. The van der Waals surface area contributed by atoms with Crippen LogP contribution in [0.1, 0.15) is 24.5 Å². The molecule has 19 heavy (non-hydrogen) atoms. The highest BCUT2D eigenvalue weighted by atomic mass is 15.3. The van der Waals surface area contributed by atoms with Crippen molar-refractivity contribution >= 4 is 0 Å². The van der Waals surface area contributed by atoms with E-state index in [-0.39, 0.29) is 0 Å². The Morgan fingerprint density at radius 1 is 0.947 bits per heavy atom. The molecule has 0 aliphatic carbocycles. The lowest BCUT2D eigenvalue weighted by molar-refractivity contribution is 0.133. The van der Waals surface area contributed by atoms with Crippen molar-refractivity contribution in [1.29, 1.82) is 0 Å². The Kier molecular flexibility index (Phi) is 5.83. The van der Waals surface area contributed by atoms with Gasteiger partial charge in [0.1, 0.15) is 0 Å². The zero-order valence-corrected chi connectivity index (χ0v) is 12.1. The Morgan fingerprint density at radius 2 is 1.53 bits per heavy atom. The fraction of sp³-hybridized carbons (Fsp3) is 0.625. The summed E-state index contributed by atoms with van der Waals surface area (Å²) >= 11 is 0. The second-order valence-electron chi connectivity index (χ2n) is 5.41. The van der Waals surface area contributed by atoms with Crippen LogP contribution in [0.4, 0.5) is 0 Å². The Bertz CT molecular complexity index is 370. The molecule has 3 nitrogen and oxygen atoms in total. The molecule has 0 unspecified atom stereocenters. The Hall–Kier alpha value is -0.900. The van der Waals surface area contributed by atoms with E-state index in [9.17, 15) is 0 Å². The third-order valence-corrected chi connectivity index (χ3v) is 4.04. The fourth-order valence-electron chi connectivity index (χ4n) is 2.83. The van der Waals surface area contributed by atoms with Crippen molar-refractivity contribution in [2.24, 2.45) is 5.73 Å². The van der Waals surface area contributed by atoms with Crippen molar-refractivity contribution in [2.45, 2.75) is 26.3 Å². The molecule has 0 radical (unpaired) electrons. The SMILES string of the molecule is CCCN1CCN(CCc2ccccc2CN)CC1. The second kappa shape index (κ2) is 7.63. The molecule has 1 heterocycles. The number of piperazine rings is 1. The smallest absolute Gasteiger partial charge is 0.0180 e. The van der Waals surface area contributed by atoms with Gasteiger partial charge >= 0.3 is 0 Å². The summed E-state index contributed by atoms with van der Waals surface area (Å²) in [4.78, 5) is 5.16. The molecule has 106 valence electrons. The van der Waals surface area contributed by atoms with Crippen LogP contribution >= 0.6 is 0 Å². The summed E-state index contributed by atoms with van der Waals surface area (Å²) in [7, 11) is 0. The van der Waals surface area contributed by atoms with Crippen LogP contribution in [0.25, 0.3) is 0 Å². The fourth-order valence-corrected chi connectivity index (χ4v) is 2.83. The average molecular weight is 261 g/mol. The van der Waals surface area contributed by atoms with Gasteiger partial charge in [-0.1, -0.05) is 31.2 Å². The molecule has 0 atom stereocenters. The van der Waals surface area contributed by atoms with Gasteiger partial charge in [-0.15, -0.1) is 0 Å². The largest absolute Gasteiger partial charge is 0.326 e. The number of nitrogens with zero attached hydrogens (tertiary/aromatic N) is 2. The number of rotatable bonds is 6. The predicted octanol–water partition coefficient (Wildman–Crippen LogP) is 1.72. The molecule has 1 aromatic rings. The number of hydrogen-bond acceptors (Lipinski definition) is 3. The maximum atomic E-state index is 5.79. The standard InChI is InChI=1S/C16H27N3/c1-2-8-18-10-12-19(13-11-18)9-7-15-5-3-4-6-16(15)14-17/h3-6H,2,7-14,17H2,1H3. The van der Waals surface area contributed by atoms with Crippen LogP contribution in [-0.4, -0.2) is 49.1 Å². The highest BCUT2D eigenvalue weighted by molar-refractivity contribution is 5.27. The molecule has 1 fully saturated rings. The van der Waals surface area contributed by atoms with E-state index in [1.54, 1.807) is 0 Å². The maximum absolute atomic E-state index is 5.79. The summed E-state index contributed by atoms with van der Waals surface area (Å²) < 4.78 is 0. The lowest BCUT2D eigenvalue weighted by Gasteiger charge is -2.34. The van der Waals surface area contributed by atoms with Crippen molar-refractivity contribution in [1.82, 2.24) is 9.80 Å². The van der Waals surface area contributed by atoms with Crippen molar-refractivity contribution in [2.75, 3.05) is 39.3 Å². The second-order valence-corrected chi connectivity index (χ2v) is 5.41. The molecular formula is C16H27N3. The van der Waals surface area contributed by atoms with Gasteiger partial charge in [-0.3, -0.25) is 0 Å². The summed E-state index contributed by atoms with van der Waals surface area (Å²) in [6, 6.07) is 8.56. The predicted molar refractivity (Wildman–Crippen MR) is 81.2 cm³/mol. The monoisotopic (exact) mass is 261 g/mol. The Balaban J connectivity index is 1.77. The van der Waals surface area contributed by atoms with E-state index in [2.05, 4.69) is 41.0 Å². The topological polar surface area (TPSA) is 32.5 Å². The van der Waals surface area contributed by atoms with Gasteiger partial charge in [0, 0.05) is 39.3 Å². The van der Waals surface area contributed by atoms with Gasteiger partial charge in [-0.2, -0.15) is 0 Å². The summed E-state index contributed by atoms with van der Waals surface area (Å²) in [5, 5.41) is 0. The van der Waals surface area contributed by atoms with E-state index < -0.39 is 0 Å². The van der Waals surface area contributed by atoms with Gasteiger partial charge in [0.25, 0.3) is 0 Å². The molecule has 0 spiro atoms. The van der Waals surface area contributed by atoms with Gasteiger partial charge in [0.05, 0.1) is 0 Å². The zero-order chi connectivity index (χ0) is 13.5. The summed E-state index contributed by atoms with van der Waals surface area (Å²) in [6.07, 6.45) is 2.39. The minimum absolute atomic E-state index is 0.653. The van der Waals surface area contributed by atoms with Crippen LogP contribution in [-0.2, 0) is 13.0 Å². The van der Waals surface area contributed by atoms with Gasteiger partial charge in [0.2, 0.25) is 0 Å². The van der Waals surface area contributed by atoms with Crippen molar-refractivity contribution < 1.29 is 0 Å². The van der Waals surface area contributed by atoms with Crippen LogP contribution in [0, 0.1) is 0 Å². The normalized spacial score (nSPS) is 17.8. The molecule has 2 rings (SSSR count). The molecule has 1 aliphatic heterocycles. The van der Waals surface area contributed by atoms with Gasteiger partial charge in [-0.05, 0) is 30.5 Å². The molecule has 1 saturated heterocycles. The van der Waals surface area contributed by atoms with Gasteiger partial charge in [0.15, 0.2) is 0 Å². The molecule has 1 aromatic carbocycles.